The molecule has 3 rings (SSSR count). The van der Waals surface area contributed by atoms with E-state index in [-0.39, 0.29) is 0 Å². The van der Waals surface area contributed by atoms with E-state index < -0.39 is 0 Å². The van der Waals surface area contributed by atoms with E-state index >= 15 is 0 Å². The molecule has 3 aromatic rings. The lowest BCUT2D eigenvalue weighted by Crippen LogP contribution is -1.84. The summed E-state index contributed by atoms with van der Waals surface area (Å²) < 4.78 is 0. The Labute approximate surface area is 117 Å². The standard InChI is InChI=1S/C18H13NO/c1-13-6-5-9-16-15(14-7-3-2-4-8-14)10-11-17(18(13)16)19-12-20/h2-11H,1H3. The molecule has 0 aromatic heterocycles. The van der Waals surface area contributed by atoms with Crippen molar-refractivity contribution in [3.8, 4) is 11.1 Å². The molecular weight excluding hydrogens is 246 g/mol. The van der Waals surface area contributed by atoms with Crippen LogP contribution in [0, 0.1) is 6.92 Å². The monoisotopic (exact) mass is 259 g/mol. The van der Waals surface area contributed by atoms with Gasteiger partial charge in [0.05, 0.1) is 5.69 Å². The molecule has 20 heavy (non-hydrogen) atoms. The number of aliphatic imine (C=N–C) groups is 1. The lowest BCUT2D eigenvalue weighted by atomic mass is 9.95. The molecule has 0 aliphatic rings. The summed E-state index contributed by atoms with van der Waals surface area (Å²) in [5.41, 5.74) is 4.08. The summed E-state index contributed by atoms with van der Waals surface area (Å²) in [5.74, 6) is 0. The summed E-state index contributed by atoms with van der Waals surface area (Å²) in [4.78, 5) is 14.4. The summed E-state index contributed by atoms with van der Waals surface area (Å²) in [6, 6.07) is 20.2. The number of carbonyl (C=O) groups excluding carboxylic acids is 1. The molecule has 0 amide bonds. The molecule has 0 radical (unpaired) electrons. The SMILES string of the molecule is Cc1cccc2c(-c3ccccc3)ccc(N=C=O)c12. The number of hydrogen-bond donors (Lipinski definition) is 0. The van der Waals surface area contributed by atoms with Crippen molar-refractivity contribution in [1.29, 1.82) is 0 Å². The van der Waals surface area contributed by atoms with Gasteiger partial charge in [-0.2, -0.15) is 4.99 Å². The van der Waals surface area contributed by atoms with Gasteiger partial charge in [0.15, 0.2) is 0 Å². The number of benzene rings is 3. The van der Waals surface area contributed by atoms with Crippen LogP contribution in [0.2, 0.25) is 0 Å². The van der Waals surface area contributed by atoms with Crippen LogP contribution < -0.4 is 0 Å². The molecule has 0 bridgehead atoms. The van der Waals surface area contributed by atoms with Gasteiger partial charge in [0.2, 0.25) is 6.08 Å². The molecule has 0 heterocycles. The smallest absolute Gasteiger partial charge is 0.211 e. The van der Waals surface area contributed by atoms with Crippen LogP contribution in [0.15, 0.2) is 65.7 Å². The third-order valence-corrected chi connectivity index (χ3v) is 3.48. The van der Waals surface area contributed by atoms with Crippen molar-refractivity contribution in [1.82, 2.24) is 0 Å². The summed E-state index contributed by atoms with van der Waals surface area (Å²) >= 11 is 0. The number of aryl methyl sites for hydroxylation is 1. The van der Waals surface area contributed by atoms with Gasteiger partial charge in [-0.15, -0.1) is 0 Å². The van der Waals surface area contributed by atoms with Crippen LogP contribution >= 0.6 is 0 Å². The van der Waals surface area contributed by atoms with Crippen molar-refractivity contribution in [3.63, 3.8) is 0 Å². The first kappa shape index (κ1) is 12.3. The van der Waals surface area contributed by atoms with Gasteiger partial charge in [-0.1, -0.05) is 54.6 Å². The summed E-state index contributed by atoms with van der Waals surface area (Å²) in [7, 11) is 0. The summed E-state index contributed by atoms with van der Waals surface area (Å²) in [6.45, 7) is 2.03. The maximum Gasteiger partial charge on any atom is 0.240 e. The van der Waals surface area contributed by atoms with E-state index in [9.17, 15) is 4.79 Å². The third kappa shape index (κ3) is 2.03. The second-order valence-electron chi connectivity index (χ2n) is 4.70. The second kappa shape index (κ2) is 5.12. The van der Waals surface area contributed by atoms with Gasteiger partial charge in [0.25, 0.3) is 0 Å². The van der Waals surface area contributed by atoms with Gasteiger partial charge in [0, 0.05) is 5.39 Å². The number of nitrogens with zero attached hydrogens (tertiary/aromatic N) is 1. The Balaban J connectivity index is 2.40. The van der Waals surface area contributed by atoms with E-state index in [1.54, 1.807) is 6.08 Å². The minimum Gasteiger partial charge on any atom is -0.211 e. The molecule has 0 aliphatic carbocycles. The number of isocyanates is 1. The third-order valence-electron chi connectivity index (χ3n) is 3.48. The second-order valence-corrected chi connectivity index (χ2v) is 4.70. The minimum atomic E-state index is 0.674. The average molecular weight is 259 g/mol. The molecule has 0 saturated heterocycles. The number of fused-ring (bicyclic) bond motifs is 1. The average Bonchev–Trinajstić information content (AvgIpc) is 2.49. The molecule has 0 N–H and O–H groups in total. The highest BCUT2D eigenvalue weighted by molar-refractivity contribution is 6.04. The lowest BCUT2D eigenvalue weighted by Gasteiger charge is -2.10. The van der Waals surface area contributed by atoms with Gasteiger partial charge >= 0.3 is 0 Å². The molecule has 3 aromatic carbocycles. The van der Waals surface area contributed by atoms with E-state index in [0.29, 0.717) is 5.69 Å². The highest BCUT2D eigenvalue weighted by Crippen LogP contribution is 2.36. The van der Waals surface area contributed by atoms with Gasteiger partial charge in [-0.05, 0) is 35.1 Å². The van der Waals surface area contributed by atoms with Crippen LogP contribution in [-0.4, -0.2) is 6.08 Å². The van der Waals surface area contributed by atoms with Gasteiger partial charge < -0.3 is 0 Å². The Bertz CT molecular complexity index is 815. The van der Waals surface area contributed by atoms with E-state index in [1.807, 2.05) is 49.4 Å². The van der Waals surface area contributed by atoms with Crippen molar-refractivity contribution in [3.05, 3.63) is 66.2 Å². The maximum atomic E-state index is 10.6. The number of rotatable bonds is 2. The quantitative estimate of drug-likeness (QED) is 0.481. The van der Waals surface area contributed by atoms with E-state index in [4.69, 9.17) is 0 Å². The Hall–Kier alpha value is -2.70. The van der Waals surface area contributed by atoms with Crippen molar-refractivity contribution < 1.29 is 4.79 Å². The first-order valence-electron chi connectivity index (χ1n) is 6.47. The fourth-order valence-corrected chi connectivity index (χ4v) is 2.58. The Morgan fingerprint density at radius 2 is 1.70 bits per heavy atom. The lowest BCUT2D eigenvalue weighted by molar-refractivity contribution is 0.565. The van der Waals surface area contributed by atoms with Crippen molar-refractivity contribution in [2.24, 2.45) is 4.99 Å². The van der Waals surface area contributed by atoms with Gasteiger partial charge in [0.1, 0.15) is 0 Å². The van der Waals surface area contributed by atoms with Crippen molar-refractivity contribution in [2.75, 3.05) is 0 Å². The maximum absolute atomic E-state index is 10.6. The zero-order valence-corrected chi connectivity index (χ0v) is 11.1. The van der Waals surface area contributed by atoms with Crippen LogP contribution in [-0.2, 0) is 4.79 Å². The molecule has 0 unspecified atom stereocenters. The molecule has 0 spiro atoms. The molecule has 0 atom stereocenters. The van der Waals surface area contributed by atoms with Crippen LogP contribution in [0.1, 0.15) is 5.56 Å². The summed E-state index contributed by atoms with van der Waals surface area (Å²) in [6.07, 6.45) is 1.64. The molecule has 0 fully saturated rings. The normalized spacial score (nSPS) is 10.2. The topological polar surface area (TPSA) is 29.4 Å². The molecule has 2 heteroatoms. The first-order valence-corrected chi connectivity index (χ1v) is 6.47. The first-order chi connectivity index (χ1) is 9.81. The van der Waals surface area contributed by atoms with Crippen LogP contribution in [0.5, 0.6) is 0 Å². The fourth-order valence-electron chi connectivity index (χ4n) is 2.58. The molecular formula is C18H13NO. The Morgan fingerprint density at radius 1 is 0.900 bits per heavy atom. The Kier molecular flexibility index (Phi) is 3.16. The predicted molar refractivity (Wildman–Crippen MR) is 81.9 cm³/mol. The van der Waals surface area contributed by atoms with Crippen molar-refractivity contribution in [2.45, 2.75) is 6.92 Å². The fraction of sp³-hybridized carbons (Fsp3) is 0.0556. The molecule has 0 saturated carbocycles. The highest BCUT2D eigenvalue weighted by Gasteiger charge is 2.09. The van der Waals surface area contributed by atoms with Gasteiger partial charge in [-0.25, -0.2) is 4.79 Å². The van der Waals surface area contributed by atoms with E-state index in [1.165, 1.54) is 0 Å². The minimum absolute atomic E-state index is 0.674. The summed E-state index contributed by atoms with van der Waals surface area (Å²) in [5, 5.41) is 2.12. The Morgan fingerprint density at radius 3 is 2.45 bits per heavy atom. The zero-order valence-electron chi connectivity index (χ0n) is 11.1. The predicted octanol–water partition coefficient (Wildman–Crippen LogP) is 4.78. The zero-order chi connectivity index (χ0) is 13.9. The van der Waals surface area contributed by atoms with Crippen LogP contribution in [0.25, 0.3) is 21.9 Å². The van der Waals surface area contributed by atoms with Gasteiger partial charge in [-0.3, -0.25) is 0 Å². The number of hydrogen-bond acceptors (Lipinski definition) is 2. The molecule has 0 aliphatic heterocycles. The molecule has 2 nitrogen and oxygen atoms in total. The van der Waals surface area contributed by atoms with E-state index in [0.717, 1.165) is 27.5 Å². The largest absolute Gasteiger partial charge is 0.240 e. The van der Waals surface area contributed by atoms with Crippen LogP contribution in [0.3, 0.4) is 0 Å². The highest BCUT2D eigenvalue weighted by atomic mass is 16.1. The van der Waals surface area contributed by atoms with Crippen LogP contribution in [0.4, 0.5) is 5.69 Å². The van der Waals surface area contributed by atoms with Crippen molar-refractivity contribution >= 4 is 22.5 Å². The molecule has 96 valence electrons. The van der Waals surface area contributed by atoms with E-state index in [2.05, 4.69) is 23.2 Å².